The van der Waals surface area contributed by atoms with Crippen LogP contribution in [0.3, 0.4) is 0 Å². The van der Waals surface area contributed by atoms with E-state index in [4.69, 9.17) is 0 Å². The minimum atomic E-state index is -0.914. The van der Waals surface area contributed by atoms with Crippen molar-refractivity contribution < 1.29 is 46.9 Å². The summed E-state index contributed by atoms with van der Waals surface area (Å²) in [5.74, 6) is -0.914. The Balaban J connectivity index is -0.000000165. The number of rotatable bonds is 15. The molecule has 0 amide bonds. The second-order valence-electron chi connectivity index (χ2n) is 8.85. The number of carboxylic acid groups (broad SMARTS) is 1. The Labute approximate surface area is 221 Å². The summed E-state index contributed by atoms with van der Waals surface area (Å²) in [5, 5.41) is 38.8. The molecule has 0 saturated carbocycles. The van der Waals surface area contributed by atoms with Gasteiger partial charge in [-0.2, -0.15) is 0 Å². The zero-order valence-corrected chi connectivity index (χ0v) is 24.4. The number of carboxylic acids is 1. The third kappa shape index (κ3) is 100. The summed E-state index contributed by atoms with van der Waals surface area (Å²) in [6.07, 6.45) is 19.6. The van der Waals surface area contributed by atoms with Gasteiger partial charge >= 0.3 is 21.7 Å². The van der Waals surface area contributed by atoms with Gasteiger partial charge in [0, 0.05) is 5.97 Å². The Morgan fingerprint density at radius 2 is 0.879 bits per heavy atom. The molecule has 0 aliphatic rings. The number of carbonyl (C=O) groups excluding carboxylic acids is 1. The van der Waals surface area contributed by atoms with Crippen molar-refractivity contribution in [3.8, 4) is 0 Å². The van der Waals surface area contributed by atoms with E-state index in [0.717, 1.165) is 19.3 Å². The average molecular weight is 507 g/mol. The van der Waals surface area contributed by atoms with Crippen molar-refractivity contribution in [1.29, 1.82) is 0 Å². The fraction of sp³-hybridized carbons (Fsp3) is 0.889. The van der Waals surface area contributed by atoms with Crippen molar-refractivity contribution in [2.24, 2.45) is 0 Å². The molecule has 0 aliphatic heterocycles. The number of aliphatic carboxylic acids is 1. The van der Waals surface area contributed by atoms with Gasteiger partial charge in [-0.1, -0.05) is 112 Å². The van der Waals surface area contributed by atoms with E-state index in [-0.39, 0.29) is 28.1 Å². The monoisotopic (exact) mass is 506 g/mol. The maximum Gasteiger partial charge on any atom is 4.00 e. The summed E-state index contributed by atoms with van der Waals surface area (Å²) in [6.45, 7) is 11.9. The molecule has 5 nitrogen and oxygen atoms in total. The fourth-order valence-electron chi connectivity index (χ4n) is 2.34. The molecule has 0 heterocycles. The molecular weight excluding hydrogens is 452 g/mol. The minimum Gasteiger partial charge on any atom is -0.852 e. The fourth-order valence-corrected chi connectivity index (χ4v) is 2.34. The molecule has 0 unspecified atom stereocenters. The van der Waals surface area contributed by atoms with E-state index in [0.29, 0.717) is 0 Å². The Bertz CT molecular complexity index is 336. The van der Waals surface area contributed by atoms with Crippen LogP contribution >= 0.6 is 0 Å². The van der Waals surface area contributed by atoms with Gasteiger partial charge in [-0.05, 0) is 38.5 Å². The molecule has 0 aromatic heterocycles. The van der Waals surface area contributed by atoms with E-state index in [1.54, 1.807) is 41.5 Å². The molecule has 0 bridgehead atoms. The molecule has 0 aromatic rings. The first-order valence-corrected chi connectivity index (χ1v) is 12.8. The van der Waals surface area contributed by atoms with Crippen LogP contribution < -0.4 is 20.4 Å². The molecule has 0 aliphatic carbocycles. The van der Waals surface area contributed by atoms with Crippen molar-refractivity contribution >= 4 is 5.97 Å². The van der Waals surface area contributed by atoms with Crippen LogP contribution in [0.4, 0.5) is 0 Å². The van der Waals surface area contributed by atoms with Gasteiger partial charge in [0.05, 0.1) is 0 Å². The first-order chi connectivity index (χ1) is 15.0. The van der Waals surface area contributed by atoms with Crippen molar-refractivity contribution in [3.63, 3.8) is 0 Å². The zero-order valence-electron chi connectivity index (χ0n) is 22.8. The Kier molecular flexibility index (Phi) is 50.8. The maximum absolute atomic E-state index is 10.2. The number of hydrogen-bond donors (Lipinski definition) is 0. The molecular formula is C27H54O5Ti. The van der Waals surface area contributed by atoms with Crippen molar-refractivity contribution in [2.45, 2.75) is 157 Å². The Hall–Kier alpha value is -0.196. The van der Waals surface area contributed by atoms with E-state index in [2.05, 4.69) is 19.1 Å². The van der Waals surface area contributed by atoms with Gasteiger partial charge in [0.1, 0.15) is 0 Å². The molecule has 0 rings (SSSR count). The van der Waals surface area contributed by atoms with E-state index >= 15 is 0 Å². The van der Waals surface area contributed by atoms with Gasteiger partial charge in [-0.3, -0.25) is 0 Å². The SMILES string of the molecule is CC(C)[O-].CC(C)[O-].CC(C)[O-].CCCCCCCCC=CCCCCCCCC(=O)[O-].[Ti+4]. The van der Waals surface area contributed by atoms with Gasteiger partial charge in [0.25, 0.3) is 0 Å². The second-order valence-corrected chi connectivity index (χ2v) is 8.85. The van der Waals surface area contributed by atoms with Crippen LogP contribution in [0.15, 0.2) is 12.2 Å². The third-order valence-corrected chi connectivity index (χ3v) is 3.64. The number of hydrogen-bond acceptors (Lipinski definition) is 5. The second kappa shape index (κ2) is 39.0. The average Bonchev–Trinajstić information content (AvgIpc) is 2.63. The minimum absolute atomic E-state index is 0. The smallest absolute Gasteiger partial charge is 0.852 e. The molecule has 0 saturated heterocycles. The van der Waals surface area contributed by atoms with E-state index in [1.165, 1.54) is 64.2 Å². The van der Waals surface area contributed by atoms with Crippen LogP contribution in [0.1, 0.15) is 138 Å². The molecule has 33 heavy (non-hydrogen) atoms. The van der Waals surface area contributed by atoms with Crippen LogP contribution in [-0.4, -0.2) is 24.3 Å². The van der Waals surface area contributed by atoms with Gasteiger partial charge in [-0.25, -0.2) is 0 Å². The summed E-state index contributed by atoms with van der Waals surface area (Å²) < 4.78 is 0. The maximum atomic E-state index is 10.2. The zero-order chi connectivity index (χ0) is 25.6. The predicted molar refractivity (Wildman–Crippen MR) is 130 cm³/mol. The van der Waals surface area contributed by atoms with Crippen LogP contribution in [0.2, 0.25) is 0 Å². The van der Waals surface area contributed by atoms with Crippen LogP contribution in [-0.2, 0) is 26.5 Å². The normalized spacial score (nSPS) is 10.1. The van der Waals surface area contributed by atoms with Crippen molar-refractivity contribution in [1.82, 2.24) is 0 Å². The first-order valence-electron chi connectivity index (χ1n) is 12.8. The summed E-state index contributed by atoms with van der Waals surface area (Å²) in [6, 6.07) is 0. The van der Waals surface area contributed by atoms with Crippen LogP contribution in [0.5, 0.6) is 0 Å². The number of allylic oxidation sites excluding steroid dienone is 2. The Morgan fingerprint density at radius 1 is 0.606 bits per heavy atom. The van der Waals surface area contributed by atoms with E-state index in [1.807, 2.05) is 0 Å². The quantitative estimate of drug-likeness (QED) is 0.189. The molecule has 0 fully saturated rings. The van der Waals surface area contributed by atoms with Crippen molar-refractivity contribution in [3.05, 3.63) is 12.2 Å². The van der Waals surface area contributed by atoms with Gasteiger partial charge in [0.15, 0.2) is 0 Å². The predicted octanol–water partition coefficient (Wildman–Crippen LogP) is 4.04. The molecule has 0 atom stereocenters. The third-order valence-electron chi connectivity index (χ3n) is 3.64. The van der Waals surface area contributed by atoms with Gasteiger partial charge in [0.2, 0.25) is 0 Å². The molecule has 196 valence electrons. The topological polar surface area (TPSA) is 109 Å². The Morgan fingerprint density at radius 3 is 1.18 bits per heavy atom. The largest absolute Gasteiger partial charge is 4.00 e. The van der Waals surface area contributed by atoms with Crippen molar-refractivity contribution in [2.75, 3.05) is 0 Å². The van der Waals surface area contributed by atoms with Crippen LogP contribution in [0.25, 0.3) is 0 Å². The number of carbonyl (C=O) groups is 1. The summed E-state index contributed by atoms with van der Waals surface area (Å²) in [4.78, 5) is 10.2. The summed E-state index contributed by atoms with van der Waals surface area (Å²) >= 11 is 0. The van der Waals surface area contributed by atoms with Crippen LogP contribution in [0, 0.1) is 0 Å². The molecule has 0 aromatic carbocycles. The summed E-state index contributed by atoms with van der Waals surface area (Å²) in [7, 11) is 0. The molecule has 0 radical (unpaired) electrons. The van der Waals surface area contributed by atoms with E-state index < -0.39 is 24.3 Å². The molecule has 6 heteroatoms. The van der Waals surface area contributed by atoms with E-state index in [9.17, 15) is 25.2 Å². The molecule has 0 spiro atoms. The van der Waals surface area contributed by atoms with Gasteiger partial charge < -0.3 is 25.2 Å². The molecule has 0 N–H and O–H groups in total. The number of unbranched alkanes of at least 4 members (excludes halogenated alkanes) is 11. The standard InChI is InChI=1S/C18H34O2.3C3H7O.Ti/c1-2-3-4-5-6-7-8-9-10-11-12-13-14-15-16-17-18(19)20;3*1-3(2)4;/h9-10H,2-8,11-17H2,1H3,(H,19,20);3*3H,1-2H3;/q;3*-1;+4/p-1. The van der Waals surface area contributed by atoms with Gasteiger partial charge in [-0.15, -0.1) is 18.3 Å². The summed E-state index contributed by atoms with van der Waals surface area (Å²) in [5.41, 5.74) is 0. The first kappa shape index (κ1) is 42.9.